The first-order valence-electron chi connectivity index (χ1n) is 6.76. The molecule has 1 aromatic rings. The van der Waals surface area contributed by atoms with E-state index in [-0.39, 0.29) is 17.5 Å². The van der Waals surface area contributed by atoms with Crippen molar-refractivity contribution in [2.75, 3.05) is 32.9 Å². The molecular weight excluding hydrogens is 360 g/mol. The van der Waals surface area contributed by atoms with Gasteiger partial charge >= 0.3 is 0 Å². The molecule has 0 aromatic heterocycles. The van der Waals surface area contributed by atoms with E-state index in [0.717, 1.165) is 6.54 Å². The lowest BCUT2D eigenvalue weighted by molar-refractivity contribution is 0.0784. The smallest absolute Gasteiger partial charge is 0.244 e. The zero-order valence-electron chi connectivity index (χ0n) is 11.8. The lowest BCUT2D eigenvalue weighted by atomic mass is 10.3. The quantitative estimate of drug-likeness (QED) is 0.775. The van der Waals surface area contributed by atoms with Crippen molar-refractivity contribution in [1.82, 2.24) is 10.0 Å². The van der Waals surface area contributed by atoms with E-state index >= 15 is 0 Å². The van der Waals surface area contributed by atoms with Crippen LogP contribution in [-0.4, -0.2) is 47.4 Å². The maximum atomic E-state index is 12.4. The first kappa shape index (κ1) is 16.7. The van der Waals surface area contributed by atoms with Gasteiger partial charge in [0, 0.05) is 23.6 Å². The number of ether oxygens (including phenoxy) is 2. The molecule has 2 rings (SSSR count). The van der Waals surface area contributed by atoms with Gasteiger partial charge in [-0.3, -0.25) is 0 Å². The van der Waals surface area contributed by atoms with Gasteiger partial charge in [-0.25, -0.2) is 13.1 Å². The molecule has 0 spiro atoms. The molecule has 0 radical (unpaired) electrons. The molecule has 1 unspecified atom stereocenters. The third-order valence-electron chi connectivity index (χ3n) is 3.01. The molecule has 1 fully saturated rings. The Kier molecular flexibility index (Phi) is 6.00. The second kappa shape index (κ2) is 7.55. The van der Waals surface area contributed by atoms with Crippen LogP contribution in [0.5, 0.6) is 5.75 Å². The molecule has 6 nitrogen and oxygen atoms in total. The van der Waals surface area contributed by atoms with Crippen LogP contribution in [0.1, 0.15) is 6.92 Å². The zero-order valence-corrected chi connectivity index (χ0v) is 14.2. The molecule has 2 N–H and O–H groups in total. The Morgan fingerprint density at radius 2 is 2.33 bits per heavy atom. The summed E-state index contributed by atoms with van der Waals surface area (Å²) in [4.78, 5) is 0.135. The predicted octanol–water partition coefficient (Wildman–Crippen LogP) is 1.11. The summed E-state index contributed by atoms with van der Waals surface area (Å²) in [5, 5.41) is 3.20. The number of benzene rings is 1. The highest BCUT2D eigenvalue weighted by Crippen LogP contribution is 2.27. The van der Waals surface area contributed by atoms with Crippen LogP contribution in [0.3, 0.4) is 0 Å². The molecule has 0 amide bonds. The molecule has 0 aliphatic carbocycles. The van der Waals surface area contributed by atoms with Crippen LogP contribution in [-0.2, 0) is 14.8 Å². The van der Waals surface area contributed by atoms with Gasteiger partial charge in [0.05, 0.1) is 19.8 Å². The number of rotatable bonds is 6. The lowest BCUT2D eigenvalue weighted by Crippen LogP contribution is -2.48. The van der Waals surface area contributed by atoms with Crippen molar-refractivity contribution in [1.29, 1.82) is 0 Å². The van der Waals surface area contributed by atoms with Gasteiger partial charge in [0.2, 0.25) is 10.0 Å². The predicted molar refractivity (Wildman–Crippen MR) is 83.1 cm³/mol. The van der Waals surface area contributed by atoms with E-state index in [2.05, 4.69) is 26.0 Å². The van der Waals surface area contributed by atoms with Crippen LogP contribution >= 0.6 is 15.9 Å². The van der Waals surface area contributed by atoms with Crippen LogP contribution in [0.15, 0.2) is 27.6 Å². The summed E-state index contributed by atoms with van der Waals surface area (Å²) in [5.74, 6) is 0.348. The molecule has 0 saturated carbocycles. The molecule has 1 heterocycles. The Labute approximate surface area is 133 Å². The Morgan fingerprint density at radius 1 is 1.52 bits per heavy atom. The van der Waals surface area contributed by atoms with Crippen molar-refractivity contribution in [3.63, 3.8) is 0 Å². The average molecular weight is 379 g/mol. The van der Waals surface area contributed by atoms with Crippen LogP contribution in [0, 0.1) is 0 Å². The van der Waals surface area contributed by atoms with E-state index in [9.17, 15) is 8.42 Å². The molecule has 1 saturated heterocycles. The Bertz CT molecular complexity index is 574. The summed E-state index contributed by atoms with van der Waals surface area (Å²) in [6, 6.07) is 4.92. The number of morpholine rings is 1. The highest BCUT2D eigenvalue weighted by molar-refractivity contribution is 9.10. The number of sulfonamides is 1. The maximum Gasteiger partial charge on any atom is 0.244 e. The first-order valence-corrected chi connectivity index (χ1v) is 9.03. The van der Waals surface area contributed by atoms with Crippen molar-refractivity contribution in [2.45, 2.75) is 17.9 Å². The highest BCUT2D eigenvalue weighted by Gasteiger charge is 2.22. The summed E-state index contributed by atoms with van der Waals surface area (Å²) >= 11 is 3.29. The molecule has 8 heteroatoms. The second-order valence-corrected chi connectivity index (χ2v) is 7.25. The second-order valence-electron chi connectivity index (χ2n) is 4.60. The summed E-state index contributed by atoms with van der Waals surface area (Å²) in [6.07, 6.45) is 0. The minimum Gasteiger partial charge on any atom is -0.492 e. The molecule has 21 heavy (non-hydrogen) atoms. The molecule has 1 atom stereocenters. The van der Waals surface area contributed by atoms with E-state index in [4.69, 9.17) is 9.47 Å². The summed E-state index contributed by atoms with van der Waals surface area (Å²) in [5.41, 5.74) is 0. The highest BCUT2D eigenvalue weighted by atomic mass is 79.9. The monoisotopic (exact) mass is 378 g/mol. The minimum atomic E-state index is -3.64. The van der Waals surface area contributed by atoms with Crippen molar-refractivity contribution in [2.24, 2.45) is 0 Å². The largest absolute Gasteiger partial charge is 0.492 e. The topological polar surface area (TPSA) is 76.7 Å². The van der Waals surface area contributed by atoms with Crippen LogP contribution < -0.4 is 14.8 Å². The third kappa shape index (κ3) is 4.65. The van der Waals surface area contributed by atoms with E-state index in [0.29, 0.717) is 30.0 Å². The standard InChI is InChI=1S/C13H19BrN2O4S/c1-2-20-12-4-3-10(14)7-13(12)21(17,18)16-8-11-9-19-6-5-15-11/h3-4,7,11,15-16H,2,5-6,8-9H2,1H3. The summed E-state index contributed by atoms with van der Waals surface area (Å²) < 4.78 is 38.9. The fourth-order valence-electron chi connectivity index (χ4n) is 2.01. The van der Waals surface area contributed by atoms with E-state index < -0.39 is 10.0 Å². The van der Waals surface area contributed by atoms with Gasteiger partial charge in [0.15, 0.2) is 0 Å². The van der Waals surface area contributed by atoms with Crippen LogP contribution in [0.25, 0.3) is 0 Å². The van der Waals surface area contributed by atoms with Crippen molar-refractivity contribution in [3.8, 4) is 5.75 Å². The number of hydrogen-bond donors (Lipinski definition) is 2. The summed E-state index contributed by atoms with van der Waals surface area (Å²) in [7, 11) is -3.64. The van der Waals surface area contributed by atoms with Gasteiger partial charge in [-0.2, -0.15) is 0 Å². The molecule has 1 aliphatic rings. The van der Waals surface area contributed by atoms with Gasteiger partial charge < -0.3 is 14.8 Å². The maximum absolute atomic E-state index is 12.4. The number of halogens is 1. The Balaban J connectivity index is 2.12. The molecule has 118 valence electrons. The third-order valence-corrected chi connectivity index (χ3v) is 4.95. The molecule has 1 aromatic carbocycles. The van der Waals surface area contributed by atoms with Crippen molar-refractivity contribution < 1.29 is 17.9 Å². The molecule has 1 aliphatic heterocycles. The van der Waals surface area contributed by atoms with Gasteiger partial charge in [-0.1, -0.05) is 15.9 Å². The Morgan fingerprint density at radius 3 is 3.00 bits per heavy atom. The fourth-order valence-corrected chi connectivity index (χ4v) is 3.77. The fraction of sp³-hybridized carbons (Fsp3) is 0.538. The van der Waals surface area contributed by atoms with Crippen molar-refractivity contribution in [3.05, 3.63) is 22.7 Å². The average Bonchev–Trinajstić information content (AvgIpc) is 2.48. The molecule has 0 bridgehead atoms. The lowest BCUT2D eigenvalue weighted by Gasteiger charge is -2.24. The first-order chi connectivity index (χ1) is 10.0. The van der Waals surface area contributed by atoms with Crippen LogP contribution in [0.2, 0.25) is 0 Å². The van der Waals surface area contributed by atoms with E-state index in [1.807, 2.05) is 6.92 Å². The van der Waals surface area contributed by atoms with Crippen molar-refractivity contribution >= 4 is 26.0 Å². The number of hydrogen-bond acceptors (Lipinski definition) is 5. The SMILES string of the molecule is CCOc1ccc(Br)cc1S(=O)(=O)NCC1COCCN1. The number of nitrogens with one attached hydrogen (secondary N) is 2. The van der Waals surface area contributed by atoms with Gasteiger partial charge in [0.1, 0.15) is 10.6 Å². The zero-order chi connectivity index (χ0) is 15.3. The van der Waals surface area contributed by atoms with Crippen LogP contribution in [0.4, 0.5) is 0 Å². The Hall–Kier alpha value is -0.670. The van der Waals surface area contributed by atoms with Gasteiger partial charge in [0.25, 0.3) is 0 Å². The minimum absolute atomic E-state index is 0.0174. The molecular formula is C13H19BrN2O4S. The van der Waals surface area contributed by atoms with Gasteiger partial charge in [-0.05, 0) is 25.1 Å². The van der Waals surface area contributed by atoms with Gasteiger partial charge in [-0.15, -0.1) is 0 Å². The normalized spacial score (nSPS) is 19.4. The van der Waals surface area contributed by atoms with E-state index in [1.54, 1.807) is 12.1 Å². The summed E-state index contributed by atoms with van der Waals surface area (Å²) in [6.45, 7) is 4.38. The van der Waals surface area contributed by atoms with E-state index in [1.165, 1.54) is 6.07 Å².